The predicted octanol–water partition coefficient (Wildman–Crippen LogP) is 4.21. The van der Waals surface area contributed by atoms with E-state index in [-0.39, 0.29) is 17.3 Å². The smallest absolute Gasteiger partial charge is 0.252 e. The number of nitrogens with one attached hydrogen (secondary N) is 1. The first-order valence-corrected chi connectivity index (χ1v) is 8.22. The van der Waals surface area contributed by atoms with Gasteiger partial charge in [-0.1, -0.05) is 22.9 Å². The maximum atomic E-state index is 13.1. The Hall–Kier alpha value is -0.900. The van der Waals surface area contributed by atoms with Crippen molar-refractivity contribution in [3.8, 4) is 0 Å². The van der Waals surface area contributed by atoms with Crippen molar-refractivity contribution in [3.63, 3.8) is 0 Å². The molecule has 1 amide bonds. The first-order chi connectivity index (χ1) is 9.46. The monoisotopic (exact) mass is 341 g/mol. The molecule has 0 spiro atoms. The molecule has 1 aromatic carbocycles. The number of hydrogen-bond acceptors (Lipinski definition) is 1. The zero-order valence-electron chi connectivity index (χ0n) is 12.0. The second-order valence-electron chi connectivity index (χ2n) is 6.01. The number of hydrogen-bond donors (Lipinski definition) is 1. The normalized spacial score (nSPS) is 26.3. The minimum atomic E-state index is -0.305. The maximum absolute atomic E-state index is 13.1. The van der Waals surface area contributed by atoms with E-state index in [9.17, 15) is 9.18 Å². The molecule has 0 unspecified atom stereocenters. The van der Waals surface area contributed by atoms with Gasteiger partial charge in [0, 0.05) is 10.9 Å². The summed E-state index contributed by atoms with van der Waals surface area (Å²) in [6.07, 6.45) is 4.25. The molecule has 0 saturated heterocycles. The van der Waals surface area contributed by atoms with Gasteiger partial charge in [-0.25, -0.2) is 4.39 Å². The molecular weight excluding hydrogens is 321 g/mol. The highest BCUT2D eigenvalue weighted by molar-refractivity contribution is 9.09. The highest BCUT2D eigenvalue weighted by atomic mass is 79.9. The van der Waals surface area contributed by atoms with E-state index in [0.717, 1.165) is 36.9 Å². The van der Waals surface area contributed by atoms with E-state index in [1.54, 1.807) is 13.0 Å². The summed E-state index contributed by atoms with van der Waals surface area (Å²) in [5.41, 5.74) is 1.08. The number of amides is 1. The molecule has 1 saturated carbocycles. The molecule has 1 N–H and O–H groups in total. The van der Waals surface area contributed by atoms with Gasteiger partial charge in [-0.3, -0.25) is 4.79 Å². The lowest BCUT2D eigenvalue weighted by molar-refractivity contribution is 0.0873. The van der Waals surface area contributed by atoms with E-state index in [1.807, 2.05) is 0 Å². The van der Waals surface area contributed by atoms with Crippen LogP contribution in [0.3, 0.4) is 0 Å². The molecule has 0 bridgehead atoms. The summed E-state index contributed by atoms with van der Waals surface area (Å²) in [6, 6.07) is 4.30. The van der Waals surface area contributed by atoms with E-state index in [4.69, 9.17) is 0 Å². The fraction of sp³-hybridized carbons (Fsp3) is 0.562. The molecule has 2 rings (SSSR count). The van der Waals surface area contributed by atoms with Gasteiger partial charge >= 0.3 is 0 Å². The van der Waals surface area contributed by atoms with Gasteiger partial charge < -0.3 is 5.32 Å². The Kier molecular flexibility index (Phi) is 4.84. The number of carbonyl (C=O) groups excluding carboxylic acids is 1. The fourth-order valence-corrected chi connectivity index (χ4v) is 3.50. The van der Waals surface area contributed by atoms with Crippen LogP contribution < -0.4 is 5.32 Å². The third-order valence-corrected chi connectivity index (χ3v) is 5.37. The summed E-state index contributed by atoms with van der Waals surface area (Å²) in [5.74, 6) is 0.323. The highest BCUT2D eigenvalue weighted by Gasteiger charge is 2.35. The topological polar surface area (TPSA) is 29.1 Å². The molecule has 2 nitrogen and oxygen atoms in total. The van der Waals surface area contributed by atoms with Gasteiger partial charge in [-0.05, 0) is 62.3 Å². The lowest BCUT2D eigenvalue weighted by atomic mass is 9.78. The molecule has 4 heteroatoms. The molecule has 1 aromatic rings. The zero-order chi connectivity index (χ0) is 14.8. The first-order valence-electron chi connectivity index (χ1n) is 7.10. The lowest BCUT2D eigenvalue weighted by Gasteiger charge is -2.39. The fourth-order valence-electron chi connectivity index (χ4n) is 2.80. The van der Waals surface area contributed by atoms with Crippen molar-refractivity contribution >= 4 is 21.8 Å². The van der Waals surface area contributed by atoms with E-state index < -0.39 is 0 Å². The Morgan fingerprint density at radius 2 is 2.10 bits per heavy atom. The minimum absolute atomic E-state index is 0.100. The number of benzene rings is 1. The van der Waals surface area contributed by atoms with E-state index in [1.165, 1.54) is 12.1 Å². The van der Waals surface area contributed by atoms with Crippen LogP contribution in [-0.2, 0) is 0 Å². The summed E-state index contributed by atoms with van der Waals surface area (Å²) in [7, 11) is 0. The van der Waals surface area contributed by atoms with Crippen LogP contribution in [0, 0.1) is 18.7 Å². The van der Waals surface area contributed by atoms with Gasteiger partial charge in [0.15, 0.2) is 0 Å². The second-order valence-corrected chi connectivity index (χ2v) is 6.57. The first kappa shape index (κ1) is 15.5. The van der Waals surface area contributed by atoms with Crippen LogP contribution in [0.15, 0.2) is 18.2 Å². The third-order valence-electron chi connectivity index (χ3n) is 4.30. The van der Waals surface area contributed by atoms with Crippen molar-refractivity contribution in [3.05, 3.63) is 35.1 Å². The number of alkyl halides is 1. The van der Waals surface area contributed by atoms with Gasteiger partial charge in [0.2, 0.25) is 0 Å². The van der Waals surface area contributed by atoms with E-state index in [2.05, 4.69) is 28.2 Å². The van der Waals surface area contributed by atoms with Gasteiger partial charge in [-0.15, -0.1) is 0 Å². The van der Waals surface area contributed by atoms with Gasteiger partial charge in [0.1, 0.15) is 5.82 Å². The Morgan fingerprint density at radius 1 is 1.45 bits per heavy atom. The average Bonchev–Trinajstić information content (AvgIpc) is 2.41. The average molecular weight is 342 g/mol. The molecule has 20 heavy (non-hydrogen) atoms. The van der Waals surface area contributed by atoms with Crippen LogP contribution in [-0.4, -0.2) is 16.8 Å². The third kappa shape index (κ3) is 3.40. The standard InChI is InChI=1S/C16H21BrFNO/c1-11-5-7-16(10-17,8-6-11)19-15(20)14-4-3-13(18)9-12(14)2/h3-4,9,11H,5-8,10H2,1-2H3,(H,19,20). The summed E-state index contributed by atoms with van der Waals surface area (Å²) in [5, 5.41) is 3.93. The summed E-state index contributed by atoms with van der Waals surface area (Å²) in [4.78, 5) is 12.4. The lowest BCUT2D eigenvalue weighted by Crippen LogP contribution is -2.52. The van der Waals surface area contributed by atoms with Crippen molar-refractivity contribution in [1.82, 2.24) is 5.32 Å². The van der Waals surface area contributed by atoms with Crippen molar-refractivity contribution in [2.24, 2.45) is 5.92 Å². The Balaban J connectivity index is 2.13. The largest absolute Gasteiger partial charge is 0.346 e. The van der Waals surface area contributed by atoms with Crippen LogP contribution in [0.5, 0.6) is 0 Å². The van der Waals surface area contributed by atoms with Crippen molar-refractivity contribution < 1.29 is 9.18 Å². The molecule has 0 atom stereocenters. The molecule has 0 aromatic heterocycles. The van der Waals surface area contributed by atoms with Gasteiger partial charge in [0.25, 0.3) is 5.91 Å². The summed E-state index contributed by atoms with van der Waals surface area (Å²) < 4.78 is 13.1. The number of carbonyl (C=O) groups is 1. The Morgan fingerprint density at radius 3 is 2.65 bits per heavy atom. The maximum Gasteiger partial charge on any atom is 0.252 e. The van der Waals surface area contributed by atoms with Crippen LogP contribution in [0.2, 0.25) is 0 Å². The van der Waals surface area contributed by atoms with E-state index in [0.29, 0.717) is 11.1 Å². The summed E-state index contributed by atoms with van der Waals surface area (Å²) >= 11 is 3.54. The zero-order valence-corrected chi connectivity index (χ0v) is 13.6. The van der Waals surface area contributed by atoms with Crippen LogP contribution in [0.4, 0.5) is 4.39 Å². The number of halogens is 2. The van der Waals surface area contributed by atoms with Crippen LogP contribution >= 0.6 is 15.9 Å². The quantitative estimate of drug-likeness (QED) is 0.820. The molecule has 110 valence electrons. The molecule has 0 aliphatic heterocycles. The van der Waals surface area contributed by atoms with Crippen molar-refractivity contribution in [1.29, 1.82) is 0 Å². The van der Waals surface area contributed by atoms with Gasteiger partial charge in [-0.2, -0.15) is 0 Å². The minimum Gasteiger partial charge on any atom is -0.346 e. The SMILES string of the molecule is Cc1cc(F)ccc1C(=O)NC1(CBr)CCC(C)CC1. The molecule has 1 fully saturated rings. The molecule has 1 aliphatic rings. The Bertz CT molecular complexity index is 495. The van der Waals surface area contributed by atoms with Crippen molar-refractivity contribution in [2.45, 2.75) is 45.1 Å². The predicted molar refractivity (Wildman–Crippen MR) is 82.8 cm³/mol. The molecular formula is C16H21BrFNO. The molecule has 1 aliphatic carbocycles. The van der Waals surface area contributed by atoms with Gasteiger partial charge in [0.05, 0.1) is 5.54 Å². The highest BCUT2D eigenvalue weighted by Crippen LogP contribution is 2.33. The van der Waals surface area contributed by atoms with Crippen molar-refractivity contribution in [2.75, 3.05) is 5.33 Å². The van der Waals surface area contributed by atoms with Crippen LogP contribution in [0.1, 0.15) is 48.5 Å². The number of aryl methyl sites for hydroxylation is 1. The Labute approximate surface area is 128 Å². The second kappa shape index (κ2) is 6.25. The van der Waals surface area contributed by atoms with Crippen LogP contribution in [0.25, 0.3) is 0 Å². The molecule has 0 radical (unpaired) electrons. The number of rotatable bonds is 3. The van der Waals surface area contributed by atoms with E-state index >= 15 is 0 Å². The molecule has 0 heterocycles. The summed E-state index contributed by atoms with van der Waals surface area (Å²) in [6.45, 7) is 4.02.